The van der Waals surface area contributed by atoms with E-state index in [-0.39, 0.29) is 22.5 Å². The van der Waals surface area contributed by atoms with Gasteiger partial charge in [-0.1, -0.05) is 53.5 Å². The van der Waals surface area contributed by atoms with E-state index in [1.54, 1.807) is 60.7 Å². The van der Waals surface area contributed by atoms with E-state index in [0.717, 1.165) is 0 Å². The summed E-state index contributed by atoms with van der Waals surface area (Å²) >= 11 is 11.9. The number of halogens is 2. The molecule has 0 aliphatic heterocycles. The quantitative estimate of drug-likeness (QED) is 0.594. The van der Waals surface area contributed by atoms with Crippen molar-refractivity contribution >= 4 is 46.4 Å². The van der Waals surface area contributed by atoms with Crippen molar-refractivity contribution in [1.29, 1.82) is 0 Å². The zero-order valence-electron chi connectivity index (χ0n) is 15.4. The van der Waals surface area contributed by atoms with Crippen molar-refractivity contribution in [3.8, 4) is 0 Å². The molecule has 0 atom stereocenters. The van der Waals surface area contributed by atoms with Crippen LogP contribution in [-0.4, -0.2) is 17.5 Å². The number of carbonyl (C=O) groups excluding carboxylic acids is 3. The first-order chi connectivity index (χ1) is 14.4. The van der Waals surface area contributed by atoms with Crippen molar-refractivity contribution in [3.05, 3.63) is 111 Å². The highest BCUT2D eigenvalue weighted by molar-refractivity contribution is 6.31. The molecule has 4 rings (SSSR count). The summed E-state index contributed by atoms with van der Waals surface area (Å²) in [6.45, 7) is 0. The number of carbonyl (C=O) groups is 3. The highest BCUT2D eigenvalue weighted by atomic mass is 35.5. The molecule has 1 amide bonds. The van der Waals surface area contributed by atoms with Crippen molar-refractivity contribution < 1.29 is 14.4 Å². The van der Waals surface area contributed by atoms with Gasteiger partial charge >= 0.3 is 0 Å². The van der Waals surface area contributed by atoms with Crippen LogP contribution in [0.4, 0.5) is 5.69 Å². The average Bonchev–Trinajstić information content (AvgIpc) is 2.75. The molecule has 3 aromatic carbocycles. The number of anilines is 1. The van der Waals surface area contributed by atoms with Gasteiger partial charge in [0.25, 0.3) is 5.91 Å². The van der Waals surface area contributed by atoms with E-state index in [1.165, 1.54) is 12.1 Å². The van der Waals surface area contributed by atoms with E-state index in [4.69, 9.17) is 23.2 Å². The van der Waals surface area contributed by atoms with Crippen LogP contribution in [0.1, 0.15) is 31.1 Å². The number of hydrogen-bond donors (Lipinski definition) is 2. The lowest BCUT2D eigenvalue weighted by Crippen LogP contribution is -2.36. The molecular formula is C23H14Cl2N2O3. The van der Waals surface area contributed by atoms with Crippen LogP contribution in [0.15, 0.2) is 84.2 Å². The maximum absolute atomic E-state index is 13.2. The first-order valence-electron chi connectivity index (χ1n) is 8.96. The molecular weight excluding hydrogens is 423 g/mol. The number of ketones is 2. The van der Waals surface area contributed by atoms with Crippen LogP contribution < -0.4 is 10.6 Å². The Morgan fingerprint density at radius 2 is 1.33 bits per heavy atom. The van der Waals surface area contributed by atoms with Crippen molar-refractivity contribution in [3.63, 3.8) is 0 Å². The summed E-state index contributed by atoms with van der Waals surface area (Å²) in [5.41, 5.74) is 1.15. The second-order valence-electron chi connectivity index (χ2n) is 6.55. The van der Waals surface area contributed by atoms with Crippen molar-refractivity contribution in [2.45, 2.75) is 0 Å². The van der Waals surface area contributed by atoms with Gasteiger partial charge in [0.15, 0.2) is 0 Å². The third kappa shape index (κ3) is 3.85. The summed E-state index contributed by atoms with van der Waals surface area (Å²) in [4.78, 5) is 39.0. The summed E-state index contributed by atoms with van der Waals surface area (Å²) < 4.78 is 0. The number of benzene rings is 3. The van der Waals surface area contributed by atoms with Gasteiger partial charge in [-0.3, -0.25) is 14.4 Å². The molecule has 7 heteroatoms. The number of allylic oxidation sites excluding steroid dienone is 2. The van der Waals surface area contributed by atoms with Gasteiger partial charge in [-0.2, -0.15) is 0 Å². The van der Waals surface area contributed by atoms with E-state index < -0.39 is 17.5 Å². The Balaban J connectivity index is 1.77. The van der Waals surface area contributed by atoms with Crippen LogP contribution in [0, 0.1) is 0 Å². The minimum atomic E-state index is -0.535. The molecule has 0 saturated heterocycles. The topological polar surface area (TPSA) is 75.3 Å². The maximum atomic E-state index is 13.2. The average molecular weight is 437 g/mol. The molecule has 5 nitrogen and oxygen atoms in total. The molecule has 148 valence electrons. The van der Waals surface area contributed by atoms with Gasteiger partial charge in [-0.15, -0.1) is 0 Å². The number of amides is 1. The Kier molecular flexibility index (Phi) is 5.40. The Morgan fingerprint density at radius 3 is 1.97 bits per heavy atom. The van der Waals surface area contributed by atoms with Gasteiger partial charge in [-0.25, -0.2) is 0 Å². The molecule has 0 heterocycles. The van der Waals surface area contributed by atoms with Crippen LogP contribution in [0.5, 0.6) is 0 Å². The first kappa shape index (κ1) is 19.9. The summed E-state index contributed by atoms with van der Waals surface area (Å²) in [6, 6.07) is 19.4. The summed E-state index contributed by atoms with van der Waals surface area (Å²) in [7, 11) is 0. The lowest BCUT2D eigenvalue weighted by molar-refractivity contribution is 0.0920. The standard InChI is InChI=1S/C23H14Cl2N2O3/c24-14-10-8-13(9-11-14)23(30)27-20-19(26-16-5-3-4-15(25)12-16)21(28)17-6-1-2-7-18(17)22(20)29/h1-12,26H,(H,27,30). The molecule has 3 aromatic rings. The normalized spacial score (nSPS) is 13.1. The Hall–Kier alpha value is -3.41. The smallest absolute Gasteiger partial charge is 0.255 e. The lowest BCUT2D eigenvalue weighted by Gasteiger charge is -2.22. The molecule has 1 aliphatic rings. The molecule has 1 aliphatic carbocycles. The fourth-order valence-corrected chi connectivity index (χ4v) is 3.43. The van der Waals surface area contributed by atoms with E-state index in [2.05, 4.69) is 10.6 Å². The van der Waals surface area contributed by atoms with Gasteiger partial charge in [0, 0.05) is 32.4 Å². The molecule has 0 saturated carbocycles. The number of fused-ring (bicyclic) bond motifs is 1. The molecule has 0 unspecified atom stereocenters. The van der Waals surface area contributed by atoms with Crippen molar-refractivity contribution in [1.82, 2.24) is 5.32 Å². The SMILES string of the molecule is O=C(NC1=C(Nc2cccc(Cl)c2)C(=O)c2ccccc2C1=O)c1ccc(Cl)cc1. The summed E-state index contributed by atoms with van der Waals surface area (Å²) in [5, 5.41) is 6.48. The van der Waals surface area contributed by atoms with Crippen LogP contribution in [0.2, 0.25) is 10.0 Å². The van der Waals surface area contributed by atoms with Crippen LogP contribution in [-0.2, 0) is 0 Å². The zero-order valence-corrected chi connectivity index (χ0v) is 16.9. The fourth-order valence-electron chi connectivity index (χ4n) is 3.11. The second-order valence-corrected chi connectivity index (χ2v) is 7.42. The third-order valence-electron chi connectivity index (χ3n) is 4.56. The highest BCUT2D eigenvalue weighted by Crippen LogP contribution is 2.27. The Bertz CT molecular complexity index is 1220. The predicted octanol–water partition coefficient (Wildman–Crippen LogP) is 5.13. The minimum absolute atomic E-state index is 0.0247. The Morgan fingerprint density at radius 1 is 0.700 bits per heavy atom. The number of nitrogens with one attached hydrogen (secondary N) is 2. The Labute approximate surface area is 182 Å². The van der Waals surface area contributed by atoms with Gasteiger partial charge in [0.2, 0.25) is 11.6 Å². The number of hydrogen-bond acceptors (Lipinski definition) is 4. The van der Waals surface area contributed by atoms with Gasteiger partial charge in [-0.05, 0) is 42.5 Å². The molecule has 0 radical (unpaired) electrons. The van der Waals surface area contributed by atoms with E-state index in [9.17, 15) is 14.4 Å². The largest absolute Gasteiger partial charge is 0.350 e. The number of Topliss-reactive ketones (excluding diaryl/α,β-unsaturated/α-hetero) is 2. The van der Waals surface area contributed by atoms with E-state index in [0.29, 0.717) is 21.3 Å². The molecule has 0 aromatic heterocycles. The van der Waals surface area contributed by atoms with Crippen molar-refractivity contribution in [2.24, 2.45) is 0 Å². The lowest BCUT2D eigenvalue weighted by atomic mass is 9.90. The third-order valence-corrected chi connectivity index (χ3v) is 5.05. The molecule has 2 N–H and O–H groups in total. The number of rotatable bonds is 4. The first-order valence-corrected chi connectivity index (χ1v) is 9.72. The molecule has 0 bridgehead atoms. The van der Waals surface area contributed by atoms with Crippen LogP contribution in [0.25, 0.3) is 0 Å². The van der Waals surface area contributed by atoms with Crippen LogP contribution >= 0.6 is 23.2 Å². The monoisotopic (exact) mass is 436 g/mol. The van der Waals surface area contributed by atoms with E-state index in [1.807, 2.05) is 0 Å². The fraction of sp³-hybridized carbons (Fsp3) is 0. The van der Waals surface area contributed by atoms with Gasteiger partial charge < -0.3 is 10.6 Å². The van der Waals surface area contributed by atoms with Crippen LogP contribution in [0.3, 0.4) is 0 Å². The van der Waals surface area contributed by atoms with Gasteiger partial charge in [0.1, 0.15) is 11.4 Å². The molecule has 0 fully saturated rings. The zero-order chi connectivity index (χ0) is 21.3. The predicted molar refractivity (Wildman–Crippen MR) is 116 cm³/mol. The maximum Gasteiger partial charge on any atom is 0.255 e. The summed E-state index contributed by atoms with van der Waals surface area (Å²) in [5.74, 6) is -1.40. The minimum Gasteiger partial charge on any atom is -0.350 e. The summed E-state index contributed by atoms with van der Waals surface area (Å²) in [6.07, 6.45) is 0. The highest BCUT2D eigenvalue weighted by Gasteiger charge is 2.33. The molecule has 0 spiro atoms. The second kappa shape index (κ2) is 8.14. The van der Waals surface area contributed by atoms with E-state index >= 15 is 0 Å². The van der Waals surface area contributed by atoms with Crippen molar-refractivity contribution in [2.75, 3.05) is 5.32 Å². The molecule has 30 heavy (non-hydrogen) atoms. The van der Waals surface area contributed by atoms with Gasteiger partial charge in [0.05, 0.1) is 0 Å².